The summed E-state index contributed by atoms with van der Waals surface area (Å²) in [6.07, 6.45) is 1.88. The Bertz CT molecular complexity index is 94.3. The standard InChI is InChI=1S/C6H12O2/c1-5(3-4-5)6(2,7)8/h7-8H,3-4H2,1-2H3. The topological polar surface area (TPSA) is 40.5 Å². The van der Waals surface area contributed by atoms with Crippen molar-refractivity contribution >= 4 is 0 Å². The molecule has 0 unspecified atom stereocenters. The van der Waals surface area contributed by atoms with Gasteiger partial charge in [0.25, 0.3) is 0 Å². The van der Waals surface area contributed by atoms with Crippen molar-refractivity contribution in [2.24, 2.45) is 5.41 Å². The largest absolute Gasteiger partial charge is 0.365 e. The maximum Gasteiger partial charge on any atom is 0.165 e. The highest BCUT2D eigenvalue weighted by atomic mass is 16.5. The summed E-state index contributed by atoms with van der Waals surface area (Å²) >= 11 is 0. The first-order chi connectivity index (χ1) is 3.46. The van der Waals surface area contributed by atoms with Crippen LogP contribution < -0.4 is 0 Å². The van der Waals surface area contributed by atoms with Gasteiger partial charge in [0, 0.05) is 5.41 Å². The number of hydrogen-bond acceptors (Lipinski definition) is 2. The maximum absolute atomic E-state index is 8.97. The first kappa shape index (κ1) is 6.05. The Kier molecular flexibility index (Phi) is 0.946. The lowest BCUT2D eigenvalue weighted by atomic mass is 10.0. The van der Waals surface area contributed by atoms with E-state index < -0.39 is 5.79 Å². The second-order valence-electron chi connectivity index (χ2n) is 3.08. The Morgan fingerprint density at radius 3 is 1.75 bits per heavy atom. The van der Waals surface area contributed by atoms with E-state index in [1.807, 2.05) is 6.92 Å². The molecule has 8 heavy (non-hydrogen) atoms. The van der Waals surface area contributed by atoms with E-state index in [9.17, 15) is 0 Å². The summed E-state index contributed by atoms with van der Waals surface area (Å²) in [6.45, 7) is 3.33. The fourth-order valence-corrected chi connectivity index (χ4v) is 0.661. The normalized spacial score (nSPS) is 25.5. The molecule has 0 aromatic carbocycles. The van der Waals surface area contributed by atoms with Gasteiger partial charge in [-0.3, -0.25) is 0 Å². The van der Waals surface area contributed by atoms with E-state index in [1.54, 1.807) is 0 Å². The molecule has 0 atom stereocenters. The first-order valence-electron chi connectivity index (χ1n) is 2.90. The van der Waals surface area contributed by atoms with Crippen molar-refractivity contribution in [1.29, 1.82) is 0 Å². The van der Waals surface area contributed by atoms with Crippen LogP contribution in [0.25, 0.3) is 0 Å². The Morgan fingerprint density at radius 1 is 1.38 bits per heavy atom. The van der Waals surface area contributed by atoms with Gasteiger partial charge in [-0.25, -0.2) is 0 Å². The SMILES string of the molecule is CC(O)(O)C1(C)CC1. The summed E-state index contributed by atoms with van der Waals surface area (Å²) in [5.74, 6) is -1.45. The number of aliphatic hydroxyl groups is 2. The molecule has 0 bridgehead atoms. The summed E-state index contributed by atoms with van der Waals surface area (Å²) in [5, 5.41) is 17.9. The Morgan fingerprint density at radius 2 is 1.75 bits per heavy atom. The van der Waals surface area contributed by atoms with Gasteiger partial charge in [-0.15, -0.1) is 0 Å². The second kappa shape index (κ2) is 1.25. The van der Waals surface area contributed by atoms with Gasteiger partial charge in [-0.1, -0.05) is 6.92 Å². The molecule has 2 N–H and O–H groups in total. The lowest BCUT2D eigenvalue weighted by Crippen LogP contribution is -2.33. The van der Waals surface area contributed by atoms with E-state index in [2.05, 4.69) is 0 Å². The van der Waals surface area contributed by atoms with E-state index in [1.165, 1.54) is 6.92 Å². The van der Waals surface area contributed by atoms with Gasteiger partial charge in [-0.05, 0) is 19.8 Å². The fraction of sp³-hybridized carbons (Fsp3) is 1.00. The van der Waals surface area contributed by atoms with Crippen LogP contribution in [0.3, 0.4) is 0 Å². The zero-order valence-corrected chi connectivity index (χ0v) is 5.31. The van der Waals surface area contributed by atoms with Crippen LogP contribution in [0.1, 0.15) is 26.7 Å². The van der Waals surface area contributed by atoms with Gasteiger partial charge >= 0.3 is 0 Å². The second-order valence-corrected chi connectivity index (χ2v) is 3.08. The highest BCUT2D eigenvalue weighted by molar-refractivity contribution is 4.96. The third-order valence-corrected chi connectivity index (χ3v) is 2.14. The molecule has 1 aliphatic rings. The van der Waals surface area contributed by atoms with Crippen LogP contribution in [0, 0.1) is 5.41 Å². The summed E-state index contributed by atoms with van der Waals surface area (Å²) in [5.41, 5.74) is -0.201. The zero-order valence-electron chi connectivity index (χ0n) is 5.31. The first-order valence-corrected chi connectivity index (χ1v) is 2.90. The lowest BCUT2D eigenvalue weighted by Gasteiger charge is -2.22. The number of hydrogen-bond donors (Lipinski definition) is 2. The highest BCUT2D eigenvalue weighted by Crippen LogP contribution is 2.52. The summed E-state index contributed by atoms with van der Waals surface area (Å²) in [6, 6.07) is 0. The molecule has 48 valence electrons. The molecule has 0 aliphatic heterocycles. The molecule has 0 heterocycles. The van der Waals surface area contributed by atoms with Gasteiger partial charge in [-0.2, -0.15) is 0 Å². The molecule has 1 aliphatic carbocycles. The molecule has 2 nitrogen and oxygen atoms in total. The Hall–Kier alpha value is -0.0800. The van der Waals surface area contributed by atoms with Crippen LogP contribution in [-0.4, -0.2) is 16.0 Å². The van der Waals surface area contributed by atoms with Crippen molar-refractivity contribution in [3.8, 4) is 0 Å². The van der Waals surface area contributed by atoms with E-state index in [4.69, 9.17) is 10.2 Å². The van der Waals surface area contributed by atoms with Crippen molar-refractivity contribution in [3.05, 3.63) is 0 Å². The molecule has 0 saturated heterocycles. The van der Waals surface area contributed by atoms with E-state index >= 15 is 0 Å². The van der Waals surface area contributed by atoms with Crippen LogP contribution in [0.5, 0.6) is 0 Å². The smallest absolute Gasteiger partial charge is 0.165 e. The van der Waals surface area contributed by atoms with Crippen LogP contribution >= 0.6 is 0 Å². The third-order valence-electron chi connectivity index (χ3n) is 2.14. The predicted octanol–water partition coefficient (Wildman–Crippen LogP) is 0.487. The molecule has 0 amide bonds. The average molecular weight is 116 g/mol. The summed E-state index contributed by atoms with van der Waals surface area (Å²) in [4.78, 5) is 0. The van der Waals surface area contributed by atoms with E-state index in [0.717, 1.165) is 12.8 Å². The maximum atomic E-state index is 8.97. The quantitative estimate of drug-likeness (QED) is 0.489. The van der Waals surface area contributed by atoms with E-state index in [0.29, 0.717) is 0 Å². The lowest BCUT2D eigenvalue weighted by molar-refractivity contribution is -0.191. The minimum Gasteiger partial charge on any atom is -0.365 e. The van der Waals surface area contributed by atoms with Crippen molar-refractivity contribution in [2.75, 3.05) is 0 Å². The van der Waals surface area contributed by atoms with Crippen molar-refractivity contribution in [3.63, 3.8) is 0 Å². The molecule has 1 rings (SSSR count). The minimum absolute atomic E-state index is 0.201. The van der Waals surface area contributed by atoms with Crippen LogP contribution in [-0.2, 0) is 0 Å². The third kappa shape index (κ3) is 0.740. The van der Waals surface area contributed by atoms with Crippen LogP contribution in [0.2, 0.25) is 0 Å². The molecule has 1 saturated carbocycles. The van der Waals surface area contributed by atoms with Crippen molar-refractivity contribution in [2.45, 2.75) is 32.5 Å². The minimum atomic E-state index is -1.45. The van der Waals surface area contributed by atoms with Crippen LogP contribution in [0.15, 0.2) is 0 Å². The van der Waals surface area contributed by atoms with Gasteiger partial charge in [0.2, 0.25) is 0 Å². The molecule has 0 spiro atoms. The fourth-order valence-electron chi connectivity index (χ4n) is 0.661. The van der Waals surface area contributed by atoms with Gasteiger partial charge in [0.15, 0.2) is 5.79 Å². The molecule has 0 aromatic rings. The van der Waals surface area contributed by atoms with Crippen LogP contribution in [0.4, 0.5) is 0 Å². The highest BCUT2D eigenvalue weighted by Gasteiger charge is 2.51. The van der Waals surface area contributed by atoms with Crippen molar-refractivity contribution < 1.29 is 10.2 Å². The number of rotatable bonds is 1. The Balaban J connectivity index is 2.58. The Labute approximate surface area is 49.1 Å². The molecule has 0 radical (unpaired) electrons. The van der Waals surface area contributed by atoms with Crippen molar-refractivity contribution in [1.82, 2.24) is 0 Å². The summed E-state index contributed by atoms with van der Waals surface area (Å²) in [7, 11) is 0. The molecule has 1 fully saturated rings. The zero-order chi connectivity index (χ0) is 6.41. The molecule has 2 heteroatoms. The predicted molar refractivity (Wildman–Crippen MR) is 30.2 cm³/mol. The molecular weight excluding hydrogens is 104 g/mol. The van der Waals surface area contributed by atoms with Gasteiger partial charge in [0.05, 0.1) is 0 Å². The van der Waals surface area contributed by atoms with Gasteiger partial charge in [0.1, 0.15) is 0 Å². The molecular formula is C6H12O2. The van der Waals surface area contributed by atoms with E-state index in [-0.39, 0.29) is 5.41 Å². The average Bonchev–Trinajstić information content (AvgIpc) is 2.16. The molecule has 0 aromatic heterocycles. The van der Waals surface area contributed by atoms with Gasteiger partial charge < -0.3 is 10.2 Å². The monoisotopic (exact) mass is 116 g/mol. The summed E-state index contributed by atoms with van der Waals surface area (Å²) < 4.78 is 0.